The van der Waals surface area contributed by atoms with Gasteiger partial charge in [0.25, 0.3) is 0 Å². The molecule has 1 heterocycles. The molecule has 1 aromatic heterocycles. The van der Waals surface area contributed by atoms with E-state index in [4.69, 9.17) is 6.42 Å². The van der Waals surface area contributed by atoms with Gasteiger partial charge in [-0.25, -0.2) is 4.98 Å². The molecule has 0 aromatic carbocycles. The first-order valence-corrected chi connectivity index (χ1v) is 2.67. The van der Waals surface area contributed by atoms with Gasteiger partial charge < -0.3 is 0 Å². The van der Waals surface area contributed by atoms with Crippen molar-refractivity contribution >= 4 is 11.3 Å². The number of rotatable bonds is 0. The van der Waals surface area contributed by atoms with Gasteiger partial charge in [0.05, 0.1) is 0 Å². The Hall–Kier alpha value is -0.810. The van der Waals surface area contributed by atoms with Gasteiger partial charge in [0.2, 0.25) is 0 Å². The molecule has 0 unspecified atom stereocenters. The fourth-order valence-corrected chi connectivity index (χ4v) is 0.735. The van der Waals surface area contributed by atoms with Crippen LogP contribution < -0.4 is 0 Å². The van der Waals surface area contributed by atoms with Crippen LogP contribution in [-0.4, -0.2) is 4.98 Å². The Labute approximate surface area is 53.4 Å². The molecule has 8 heavy (non-hydrogen) atoms. The van der Waals surface area contributed by atoms with Gasteiger partial charge in [0, 0.05) is 11.6 Å². The van der Waals surface area contributed by atoms with Gasteiger partial charge >= 0.3 is 0 Å². The van der Waals surface area contributed by atoms with E-state index in [1.807, 2.05) is 5.38 Å². The number of nitrogens with zero attached hydrogens (tertiary/aromatic N) is 1. The van der Waals surface area contributed by atoms with Crippen molar-refractivity contribution in [2.45, 2.75) is 7.43 Å². The lowest BCUT2D eigenvalue weighted by Gasteiger charge is -1.65. The fourth-order valence-electron chi connectivity index (χ4n) is 0.295. The Balaban J connectivity index is 0.000000490. The van der Waals surface area contributed by atoms with Crippen LogP contribution in [0.15, 0.2) is 11.6 Å². The van der Waals surface area contributed by atoms with Crippen LogP contribution in [0.4, 0.5) is 0 Å². The summed E-state index contributed by atoms with van der Waals surface area (Å²) in [5.74, 6) is 2.41. The molecule has 0 N–H and O–H groups in total. The zero-order valence-electron chi connectivity index (χ0n) is 3.59. The van der Waals surface area contributed by atoms with Crippen LogP contribution in [0.5, 0.6) is 0 Å². The second-order valence-corrected chi connectivity index (χ2v) is 1.88. The molecule has 0 amide bonds. The molecule has 0 spiro atoms. The lowest BCUT2D eigenvalue weighted by molar-refractivity contribution is 1.39. The second-order valence-electron chi connectivity index (χ2n) is 0.982. The highest BCUT2D eigenvalue weighted by atomic mass is 32.1. The molecular weight excluding hydrogens is 118 g/mol. The van der Waals surface area contributed by atoms with E-state index in [1.165, 1.54) is 11.3 Å². The smallest absolute Gasteiger partial charge is 0.166 e. The van der Waals surface area contributed by atoms with Gasteiger partial charge in [0.1, 0.15) is 0 Å². The summed E-state index contributed by atoms with van der Waals surface area (Å²) in [5, 5.41) is 2.61. The summed E-state index contributed by atoms with van der Waals surface area (Å²) >= 11 is 1.48. The second kappa shape index (κ2) is 3.23. The highest BCUT2D eigenvalue weighted by Crippen LogP contribution is 1.99. The van der Waals surface area contributed by atoms with Gasteiger partial charge in [-0.1, -0.05) is 7.43 Å². The lowest BCUT2D eigenvalue weighted by Crippen LogP contribution is -1.61. The molecule has 42 valence electrons. The zero-order valence-corrected chi connectivity index (χ0v) is 4.40. The Morgan fingerprint density at radius 3 is 2.75 bits per heavy atom. The quantitative estimate of drug-likeness (QED) is 0.481. The van der Waals surface area contributed by atoms with Crippen molar-refractivity contribution in [3.63, 3.8) is 0 Å². The van der Waals surface area contributed by atoms with Crippen LogP contribution in [0.3, 0.4) is 0 Å². The molecule has 0 aliphatic carbocycles. The van der Waals surface area contributed by atoms with Gasteiger partial charge in [-0.15, -0.1) is 17.8 Å². The standard InChI is InChI=1S/C5H3NS.CH4/c1-2-5-6-3-4-7-5;/h1,3-4H;1H4. The third-order valence-electron chi connectivity index (χ3n) is 0.556. The molecule has 0 aliphatic heterocycles. The summed E-state index contributed by atoms with van der Waals surface area (Å²) in [6.45, 7) is 0. The third-order valence-corrected chi connectivity index (χ3v) is 1.26. The summed E-state index contributed by atoms with van der Waals surface area (Å²) in [4.78, 5) is 3.82. The normalized spacial score (nSPS) is 6.88. The van der Waals surface area contributed by atoms with Crippen LogP contribution in [0, 0.1) is 12.3 Å². The van der Waals surface area contributed by atoms with E-state index in [9.17, 15) is 0 Å². The van der Waals surface area contributed by atoms with Gasteiger partial charge in [-0.3, -0.25) is 0 Å². The average molecular weight is 125 g/mol. The fraction of sp³-hybridized carbons (Fsp3) is 0.167. The lowest BCUT2D eigenvalue weighted by atomic mass is 10.7. The Kier molecular flexibility index (Phi) is 2.90. The van der Waals surface area contributed by atoms with Crippen molar-refractivity contribution in [3.8, 4) is 12.3 Å². The Morgan fingerprint density at radius 2 is 2.50 bits per heavy atom. The third kappa shape index (κ3) is 1.36. The topological polar surface area (TPSA) is 12.9 Å². The first kappa shape index (κ1) is 7.19. The molecule has 1 aromatic rings. The minimum Gasteiger partial charge on any atom is -0.236 e. The first-order chi connectivity index (χ1) is 3.43. The monoisotopic (exact) mass is 125 g/mol. The maximum absolute atomic E-state index is 4.99. The molecule has 0 saturated heterocycles. The van der Waals surface area contributed by atoms with Crippen LogP contribution in [-0.2, 0) is 0 Å². The Morgan fingerprint density at radius 1 is 1.75 bits per heavy atom. The van der Waals surface area contributed by atoms with Gasteiger partial charge in [0.15, 0.2) is 5.01 Å². The Bertz CT molecular complexity index is 171. The van der Waals surface area contributed by atoms with Crippen molar-refractivity contribution in [2.24, 2.45) is 0 Å². The van der Waals surface area contributed by atoms with E-state index in [-0.39, 0.29) is 7.43 Å². The first-order valence-electron chi connectivity index (χ1n) is 1.79. The van der Waals surface area contributed by atoms with Gasteiger partial charge in [-0.2, -0.15) is 0 Å². The maximum atomic E-state index is 4.99. The zero-order chi connectivity index (χ0) is 5.11. The SMILES string of the molecule is C.C#Cc1nccs1. The van der Waals surface area contributed by atoms with E-state index in [1.54, 1.807) is 6.20 Å². The number of aromatic nitrogens is 1. The average Bonchev–Trinajstić information content (AvgIpc) is 2.14. The number of terminal acetylenes is 1. The molecule has 1 nitrogen and oxygen atoms in total. The molecule has 0 atom stereocenters. The number of thiazole rings is 1. The van der Waals surface area contributed by atoms with Crippen molar-refractivity contribution in [3.05, 3.63) is 16.6 Å². The molecule has 0 fully saturated rings. The van der Waals surface area contributed by atoms with Crippen LogP contribution in [0.25, 0.3) is 0 Å². The van der Waals surface area contributed by atoms with Crippen molar-refractivity contribution in [1.82, 2.24) is 4.98 Å². The molecule has 0 saturated carbocycles. The van der Waals surface area contributed by atoms with Crippen LogP contribution >= 0.6 is 11.3 Å². The highest BCUT2D eigenvalue weighted by molar-refractivity contribution is 7.10. The van der Waals surface area contributed by atoms with E-state index < -0.39 is 0 Å². The summed E-state index contributed by atoms with van der Waals surface area (Å²) in [6, 6.07) is 0. The molecular formula is C6H7NS. The summed E-state index contributed by atoms with van der Waals surface area (Å²) in [7, 11) is 0. The molecule has 0 aliphatic rings. The molecule has 0 radical (unpaired) electrons. The van der Waals surface area contributed by atoms with Crippen molar-refractivity contribution in [2.75, 3.05) is 0 Å². The predicted molar refractivity (Wildman–Crippen MR) is 36.8 cm³/mol. The van der Waals surface area contributed by atoms with Crippen LogP contribution in [0.2, 0.25) is 0 Å². The molecule has 0 bridgehead atoms. The highest BCUT2D eigenvalue weighted by Gasteiger charge is 1.81. The van der Waals surface area contributed by atoms with E-state index in [0.717, 1.165) is 5.01 Å². The van der Waals surface area contributed by atoms with E-state index in [0.29, 0.717) is 0 Å². The molecule has 1 rings (SSSR count). The predicted octanol–water partition coefficient (Wildman–Crippen LogP) is 1.76. The van der Waals surface area contributed by atoms with Crippen molar-refractivity contribution < 1.29 is 0 Å². The van der Waals surface area contributed by atoms with Crippen LogP contribution in [0.1, 0.15) is 12.4 Å². The maximum Gasteiger partial charge on any atom is 0.166 e. The number of hydrogen-bond acceptors (Lipinski definition) is 2. The summed E-state index contributed by atoms with van der Waals surface area (Å²) < 4.78 is 0. The molecule has 2 heteroatoms. The van der Waals surface area contributed by atoms with E-state index in [2.05, 4.69) is 10.9 Å². The number of hydrogen-bond donors (Lipinski definition) is 0. The summed E-state index contributed by atoms with van der Waals surface area (Å²) in [6.07, 6.45) is 6.69. The van der Waals surface area contributed by atoms with Crippen molar-refractivity contribution in [1.29, 1.82) is 0 Å². The van der Waals surface area contributed by atoms with E-state index >= 15 is 0 Å². The van der Waals surface area contributed by atoms with Gasteiger partial charge in [-0.05, 0) is 5.92 Å². The minimum atomic E-state index is 0. The largest absolute Gasteiger partial charge is 0.236 e. The summed E-state index contributed by atoms with van der Waals surface area (Å²) in [5.41, 5.74) is 0. The minimum absolute atomic E-state index is 0.